The fourth-order valence-electron chi connectivity index (χ4n) is 3.29. The van der Waals surface area contributed by atoms with Crippen molar-refractivity contribution in [1.29, 1.82) is 0 Å². The second-order valence-electron chi connectivity index (χ2n) is 6.08. The van der Waals surface area contributed by atoms with E-state index in [1.54, 1.807) is 0 Å². The fraction of sp³-hybridized carbons (Fsp3) is 0.529. The van der Waals surface area contributed by atoms with Gasteiger partial charge in [0, 0.05) is 23.6 Å². The van der Waals surface area contributed by atoms with Crippen LogP contribution in [0.5, 0.6) is 0 Å². The van der Waals surface area contributed by atoms with Crippen LogP contribution in [0.1, 0.15) is 25.7 Å². The van der Waals surface area contributed by atoms with Gasteiger partial charge < -0.3 is 9.47 Å². The molecule has 0 unspecified atom stereocenters. The van der Waals surface area contributed by atoms with Crippen molar-refractivity contribution in [3.8, 4) is 0 Å². The second kappa shape index (κ2) is 6.19. The summed E-state index contributed by atoms with van der Waals surface area (Å²) < 4.78 is 2.31. The first kappa shape index (κ1) is 14.0. The van der Waals surface area contributed by atoms with Gasteiger partial charge in [0.05, 0.1) is 5.02 Å². The molecule has 0 atom stereocenters. The Morgan fingerprint density at radius 2 is 1.95 bits per heavy atom. The van der Waals surface area contributed by atoms with Crippen molar-refractivity contribution >= 4 is 22.5 Å². The molecule has 2 nitrogen and oxygen atoms in total. The lowest BCUT2D eigenvalue weighted by Gasteiger charge is -2.28. The van der Waals surface area contributed by atoms with Crippen molar-refractivity contribution in [2.24, 2.45) is 5.92 Å². The van der Waals surface area contributed by atoms with Crippen LogP contribution in [0.4, 0.5) is 0 Å². The maximum atomic E-state index is 6.30. The van der Waals surface area contributed by atoms with Gasteiger partial charge in [0.15, 0.2) is 0 Å². The molecule has 1 aromatic carbocycles. The summed E-state index contributed by atoms with van der Waals surface area (Å²) in [7, 11) is 2.23. The first-order valence-electron chi connectivity index (χ1n) is 7.66. The van der Waals surface area contributed by atoms with E-state index in [1.165, 1.54) is 49.7 Å². The van der Waals surface area contributed by atoms with Crippen molar-refractivity contribution in [3.63, 3.8) is 0 Å². The van der Waals surface area contributed by atoms with Crippen LogP contribution in [0.3, 0.4) is 0 Å². The van der Waals surface area contributed by atoms with E-state index in [0.717, 1.165) is 17.5 Å². The molecule has 0 aliphatic carbocycles. The number of hydrogen-bond acceptors (Lipinski definition) is 1. The van der Waals surface area contributed by atoms with Gasteiger partial charge in [-0.1, -0.05) is 29.8 Å². The second-order valence-corrected chi connectivity index (χ2v) is 6.48. The highest BCUT2D eigenvalue weighted by Crippen LogP contribution is 2.27. The van der Waals surface area contributed by atoms with E-state index in [0.29, 0.717) is 0 Å². The molecule has 3 rings (SSSR count). The van der Waals surface area contributed by atoms with E-state index in [9.17, 15) is 0 Å². The Balaban J connectivity index is 1.57. The molecule has 0 saturated carbocycles. The van der Waals surface area contributed by atoms with Gasteiger partial charge in [0.1, 0.15) is 0 Å². The number of fused-ring (bicyclic) bond motifs is 1. The molecule has 0 N–H and O–H groups in total. The van der Waals surface area contributed by atoms with Crippen molar-refractivity contribution in [3.05, 3.63) is 35.5 Å². The van der Waals surface area contributed by atoms with Gasteiger partial charge >= 0.3 is 0 Å². The van der Waals surface area contributed by atoms with Crippen LogP contribution in [-0.2, 0) is 6.54 Å². The number of aryl methyl sites for hydroxylation is 1. The molecule has 1 aromatic heterocycles. The largest absolute Gasteiger partial charge is 0.346 e. The number of hydrogen-bond donors (Lipinski definition) is 0. The first-order valence-corrected chi connectivity index (χ1v) is 8.04. The summed E-state index contributed by atoms with van der Waals surface area (Å²) in [6.45, 7) is 3.62. The lowest BCUT2D eigenvalue weighted by atomic mass is 9.92. The number of para-hydroxylation sites is 1. The van der Waals surface area contributed by atoms with Gasteiger partial charge in [-0.05, 0) is 57.8 Å². The smallest absolute Gasteiger partial charge is 0.0661 e. The zero-order chi connectivity index (χ0) is 13.9. The number of rotatable bonds is 4. The van der Waals surface area contributed by atoms with E-state index in [2.05, 4.69) is 47.0 Å². The zero-order valence-electron chi connectivity index (χ0n) is 12.2. The van der Waals surface area contributed by atoms with Gasteiger partial charge in [0.2, 0.25) is 0 Å². The summed E-state index contributed by atoms with van der Waals surface area (Å²) in [6, 6.07) is 8.41. The average Bonchev–Trinajstić information content (AvgIpc) is 2.79. The quantitative estimate of drug-likeness (QED) is 0.809. The Hall–Kier alpha value is -0.990. The molecule has 108 valence electrons. The molecule has 0 amide bonds. The van der Waals surface area contributed by atoms with E-state index in [-0.39, 0.29) is 0 Å². The highest BCUT2D eigenvalue weighted by atomic mass is 35.5. The molecule has 0 bridgehead atoms. The van der Waals surface area contributed by atoms with Crippen LogP contribution in [0.25, 0.3) is 10.9 Å². The van der Waals surface area contributed by atoms with Gasteiger partial charge in [-0.3, -0.25) is 0 Å². The molecule has 1 aliphatic rings. The molecule has 2 aromatic rings. The normalized spacial score (nSPS) is 17.9. The van der Waals surface area contributed by atoms with Gasteiger partial charge in [-0.2, -0.15) is 0 Å². The number of halogens is 1. The molecule has 2 heterocycles. The van der Waals surface area contributed by atoms with E-state index in [1.807, 2.05) is 0 Å². The summed E-state index contributed by atoms with van der Waals surface area (Å²) in [5.74, 6) is 0.920. The average molecular weight is 291 g/mol. The Kier molecular flexibility index (Phi) is 4.32. The van der Waals surface area contributed by atoms with E-state index in [4.69, 9.17) is 11.6 Å². The lowest BCUT2D eigenvalue weighted by Crippen LogP contribution is -2.30. The standard InChI is InChI=1S/C17H23ClN2/c1-19-11-8-14(9-12-19)5-4-10-20-13-16(18)15-6-2-3-7-17(15)20/h2-3,6-7,13-14H,4-5,8-12H2,1H3. The number of nitrogens with zero attached hydrogens (tertiary/aromatic N) is 2. The highest BCUT2D eigenvalue weighted by molar-refractivity contribution is 6.35. The Morgan fingerprint density at radius 3 is 2.75 bits per heavy atom. The number of piperidine rings is 1. The van der Waals surface area contributed by atoms with Crippen molar-refractivity contribution in [2.45, 2.75) is 32.2 Å². The SMILES string of the molecule is CN1CCC(CCCn2cc(Cl)c3ccccc32)CC1. The lowest BCUT2D eigenvalue weighted by molar-refractivity contribution is 0.209. The molecule has 1 aliphatic heterocycles. The summed E-state index contributed by atoms with van der Waals surface area (Å²) in [5, 5.41) is 2.05. The molecule has 0 spiro atoms. The molecule has 0 radical (unpaired) electrons. The predicted octanol–water partition coefficient (Wildman–Crippen LogP) is 4.42. The van der Waals surface area contributed by atoms with Crippen LogP contribution in [0.2, 0.25) is 5.02 Å². The third-order valence-corrected chi connectivity index (χ3v) is 4.89. The van der Waals surface area contributed by atoms with Crippen LogP contribution >= 0.6 is 11.6 Å². The molecule has 1 saturated heterocycles. The van der Waals surface area contributed by atoms with E-state index >= 15 is 0 Å². The minimum absolute atomic E-state index is 0.875. The Morgan fingerprint density at radius 1 is 1.20 bits per heavy atom. The van der Waals surface area contributed by atoms with Gasteiger partial charge in [0.25, 0.3) is 0 Å². The van der Waals surface area contributed by atoms with Crippen LogP contribution in [-0.4, -0.2) is 29.6 Å². The molecular weight excluding hydrogens is 268 g/mol. The van der Waals surface area contributed by atoms with Crippen LogP contribution in [0.15, 0.2) is 30.5 Å². The maximum Gasteiger partial charge on any atom is 0.0661 e. The number of aromatic nitrogens is 1. The van der Waals surface area contributed by atoms with Gasteiger partial charge in [-0.15, -0.1) is 0 Å². The maximum absolute atomic E-state index is 6.30. The minimum atomic E-state index is 0.875. The molecule has 20 heavy (non-hydrogen) atoms. The summed E-state index contributed by atoms with van der Waals surface area (Å²) in [5.41, 5.74) is 1.26. The minimum Gasteiger partial charge on any atom is -0.346 e. The van der Waals surface area contributed by atoms with Crippen molar-refractivity contribution < 1.29 is 0 Å². The summed E-state index contributed by atoms with van der Waals surface area (Å²) in [4.78, 5) is 2.44. The van der Waals surface area contributed by atoms with Crippen LogP contribution in [0, 0.1) is 5.92 Å². The van der Waals surface area contributed by atoms with Gasteiger partial charge in [-0.25, -0.2) is 0 Å². The molecule has 3 heteroatoms. The highest BCUT2D eigenvalue weighted by Gasteiger charge is 2.16. The first-order chi connectivity index (χ1) is 9.74. The summed E-state index contributed by atoms with van der Waals surface area (Å²) in [6.07, 6.45) is 7.41. The van der Waals surface area contributed by atoms with Crippen LogP contribution < -0.4 is 0 Å². The monoisotopic (exact) mass is 290 g/mol. The number of likely N-dealkylation sites (tertiary alicyclic amines) is 1. The molecular formula is C17H23ClN2. The third-order valence-electron chi connectivity index (χ3n) is 4.59. The Labute approximate surface area is 126 Å². The molecule has 1 fully saturated rings. The van der Waals surface area contributed by atoms with Crippen molar-refractivity contribution in [2.75, 3.05) is 20.1 Å². The number of benzene rings is 1. The third kappa shape index (κ3) is 3.02. The summed E-state index contributed by atoms with van der Waals surface area (Å²) >= 11 is 6.30. The zero-order valence-corrected chi connectivity index (χ0v) is 12.9. The van der Waals surface area contributed by atoms with E-state index < -0.39 is 0 Å². The predicted molar refractivity (Wildman–Crippen MR) is 86.4 cm³/mol. The van der Waals surface area contributed by atoms with Crippen molar-refractivity contribution in [1.82, 2.24) is 9.47 Å². The fourth-order valence-corrected chi connectivity index (χ4v) is 3.57. The Bertz CT molecular complexity index is 567. The topological polar surface area (TPSA) is 8.17 Å².